The Bertz CT molecular complexity index is 546. The molecule has 90 valence electrons. The van der Waals surface area contributed by atoms with E-state index in [-0.39, 0.29) is 5.78 Å². The molecule has 0 bridgehead atoms. The zero-order valence-electron chi connectivity index (χ0n) is 10.0. The number of hydrogen-bond acceptors (Lipinski definition) is 2. The van der Waals surface area contributed by atoms with Gasteiger partial charge in [0.2, 0.25) is 0 Å². The highest BCUT2D eigenvalue weighted by molar-refractivity contribution is 7.79. The van der Waals surface area contributed by atoms with E-state index in [0.29, 0.717) is 6.42 Å². The number of aryl methyl sites for hydroxylation is 1. The molecule has 0 aromatic heterocycles. The number of rotatable bonds is 5. The molecule has 0 saturated carbocycles. The van der Waals surface area contributed by atoms with Gasteiger partial charge in [0.15, 0.2) is 5.78 Å². The molecule has 0 spiro atoms. The van der Waals surface area contributed by atoms with Crippen LogP contribution in [0.25, 0.3) is 0 Å². The third-order valence-corrected chi connectivity index (χ3v) is 3.15. The smallest absolute Gasteiger partial charge is 0.163 e. The minimum atomic E-state index is 0.176. The van der Waals surface area contributed by atoms with Crippen molar-refractivity contribution in [2.45, 2.75) is 12.8 Å². The Kier molecular flexibility index (Phi) is 4.37. The Hall–Kier alpha value is -1.80. The fourth-order valence-corrected chi connectivity index (χ4v) is 2.12. The number of thiocarbonyl (C=S) groups is 1. The quantitative estimate of drug-likeness (QED) is 0.595. The first kappa shape index (κ1) is 12.7. The van der Waals surface area contributed by atoms with Crippen LogP contribution in [0.1, 0.15) is 27.9 Å². The summed E-state index contributed by atoms with van der Waals surface area (Å²) in [4.78, 5) is 12.0. The number of ketones is 1. The summed E-state index contributed by atoms with van der Waals surface area (Å²) in [6, 6.07) is 17.3. The van der Waals surface area contributed by atoms with Gasteiger partial charge in [-0.15, -0.1) is 0 Å². The molecule has 0 amide bonds. The molecule has 2 heteroatoms. The first-order valence-corrected chi connectivity index (χ1v) is 6.40. The molecule has 2 aromatic carbocycles. The Balaban J connectivity index is 2.04. The molecular weight excluding hydrogens is 240 g/mol. The SMILES string of the molecule is O=C(CCc1ccccc1C=S)c1ccccc1. The summed E-state index contributed by atoms with van der Waals surface area (Å²) < 4.78 is 0. The molecule has 18 heavy (non-hydrogen) atoms. The Morgan fingerprint density at radius 3 is 2.39 bits per heavy atom. The summed E-state index contributed by atoms with van der Waals surface area (Å²) in [5.74, 6) is 0.176. The zero-order chi connectivity index (χ0) is 12.8. The highest BCUT2D eigenvalue weighted by Gasteiger charge is 2.06. The van der Waals surface area contributed by atoms with Gasteiger partial charge in [-0.1, -0.05) is 66.8 Å². The lowest BCUT2D eigenvalue weighted by Crippen LogP contribution is -2.02. The van der Waals surface area contributed by atoms with E-state index >= 15 is 0 Å². The molecule has 0 aliphatic heterocycles. The number of hydrogen-bond donors (Lipinski definition) is 0. The average Bonchev–Trinajstić information content (AvgIpc) is 2.46. The number of benzene rings is 2. The highest BCUT2D eigenvalue weighted by Crippen LogP contribution is 2.12. The van der Waals surface area contributed by atoms with E-state index in [1.165, 1.54) is 0 Å². The predicted molar refractivity (Wildman–Crippen MR) is 78.3 cm³/mol. The zero-order valence-corrected chi connectivity index (χ0v) is 10.8. The Morgan fingerprint density at radius 2 is 1.67 bits per heavy atom. The molecule has 0 radical (unpaired) electrons. The first-order valence-electron chi connectivity index (χ1n) is 5.92. The third kappa shape index (κ3) is 3.11. The predicted octanol–water partition coefficient (Wildman–Crippen LogP) is 3.85. The summed E-state index contributed by atoms with van der Waals surface area (Å²) in [5, 5.41) is 1.67. The van der Waals surface area contributed by atoms with Gasteiger partial charge >= 0.3 is 0 Å². The van der Waals surface area contributed by atoms with Crippen LogP contribution in [0.4, 0.5) is 0 Å². The molecule has 0 fully saturated rings. The maximum Gasteiger partial charge on any atom is 0.163 e. The van der Waals surface area contributed by atoms with Gasteiger partial charge in [-0.3, -0.25) is 4.79 Å². The second-order valence-corrected chi connectivity index (χ2v) is 4.34. The van der Waals surface area contributed by atoms with Crippen LogP contribution in [0.15, 0.2) is 54.6 Å². The van der Waals surface area contributed by atoms with Crippen molar-refractivity contribution in [3.8, 4) is 0 Å². The average molecular weight is 254 g/mol. The molecule has 0 aliphatic rings. The van der Waals surface area contributed by atoms with Crippen LogP contribution in [0, 0.1) is 0 Å². The lowest BCUT2D eigenvalue weighted by molar-refractivity contribution is 0.0983. The van der Waals surface area contributed by atoms with Gasteiger partial charge in [-0.05, 0) is 17.5 Å². The van der Waals surface area contributed by atoms with Crippen molar-refractivity contribution in [1.82, 2.24) is 0 Å². The molecule has 0 aliphatic carbocycles. The Morgan fingerprint density at radius 1 is 1.00 bits per heavy atom. The van der Waals surface area contributed by atoms with Gasteiger partial charge in [0.1, 0.15) is 0 Å². The van der Waals surface area contributed by atoms with Gasteiger partial charge in [-0.25, -0.2) is 0 Å². The summed E-state index contributed by atoms with van der Waals surface area (Å²) in [7, 11) is 0. The van der Waals surface area contributed by atoms with Crippen LogP contribution in [-0.4, -0.2) is 11.2 Å². The molecule has 1 nitrogen and oxygen atoms in total. The van der Waals surface area contributed by atoms with Crippen molar-refractivity contribution in [3.05, 3.63) is 71.3 Å². The minimum Gasteiger partial charge on any atom is -0.294 e. The Labute approximate surface area is 112 Å². The molecule has 0 saturated heterocycles. The van der Waals surface area contributed by atoms with Crippen LogP contribution in [0.3, 0.4) is 0 Å². The van der Waals surface area contributed by atoms with Crippen molar-refractivity contribution in [2.75, 3.05) is 0 Å². The molecule has 2 rings (SSSR count). The summed E-state index contributed by atoms with van der Waals surface area (Å²) in [5.41, 5.74) is 2.95. The molecule has 0 heterocycles. The molecular formula is C16H14OS. The van der Waals surface area contributed by atoms with E-state index in [0.717, 1.165) is 23.1 Å². The fourth-order valence-electron chi connectivity index (χ4n) is 1.89. The normalized spacial score (nSPS) is 10.0. The van der Waals surface area contributed by atoms with Crippen LogP contribution >= 0.6 is 12.2 Å². The first-order chi connectivity index (χ1) is 8.81. The van der Waals surface area contributed by atoms with Gasteiger partial charge in [0, 0.05) is 17.4 Å². The van der Waals surface area contributed by atoms with Crippen LogP contribution in [0.2, 0.25) is 0 Å². The van der Waals surface area contributed by atoms with Crippen molar-refractivity contribution in [2.24, 2.45) is 0 Å². The van der Waals surface area contributed by atoms with Crippen molar-refractivity contribution in [1.29, 1.82) is 0 Å². The second-order valence-electron chi connectivity index (χ2n) is 4.11. The summed E-state index contributed by atoms with van der Waals surface area (Å²) >= 11 is 4.97. The van der Waals surface area contributed by atoms with Gasteiger partial charge in [-0.2, -0.15) is 0 Å². The number of carbonyl (C=O) groups is 1. The standard InChI is InChI=1S/C16H14OS/c17-16(14-7-2-1-3-8-14)11-10-13-6-4-5-9-15(13)12-18/h1-9,12H,10-11H2. The van der Waals surface area contributed by atoms with E-state index in [4.69, 9.17) is 12.2 Å². The summed E-state index contributed by atoms with van der Waals surface area (Å²) in [6.07, 6.45) is 1.25. The maximum absolute atomic E-state index is 12.0. The van der Waals surface area contributed by atoms with Crippen molar-refractivity contribution < 1.29 is 4.79 Å². The summed E-state index contributed by atoms with van der Waals surface area (Å²) in [6.45, 7) is 0. The van der Waals surface area contributed by atoms with Crippen molar-refractivity contribution >= 4 is 23.4 Å². The third-order valence-electron chi connectivity index (χ3n) is 2.90. The van der Waals surface area contributed by atoms with E-state index in [1.54, 1.807) is 5.37 Å². The van der Waals surface area contributed by atoms with E-state index in [2.05, 4.69) is 0 Å². The molecule has 0 atom stereocenters. The van der Waals surface area contributed by atoms with Gasteiger partial charge in [0.05, 0.1) is 0 Å². The van der Waals surface area contributed by atoms with Crippen molar-refractivity contribution in [3.63, 3.8) is 0 Å². The topological polar surface area (TPSA) is 17.1 Å². The van der Waals surface area contributed by atoms with E-state index in [9.17, 15) is 4.79 Å². The second kappa shape index (κ2) is 6.22. The lowest BCUT2D eigenvalue weighted by Gasteiger charge is -2.05. The van der Waals surface area contributed by atoms with E-state index in [1.807, 2.05) is 54.6 Å². The fraction of sp³-hybridized carbons (Fsp3) is 0.125. The molecule has 0 N–H and O–H groups in total. The van der Waals surface area contributed by atoms with Gasteiger partial charge < -0.3 is 0 Å². The van der Waals surface area contributed by atoms with Crippen LogP contribution in [0.5, 0.6) is 0 Å². The molecule has 2 aromatic rings. The molecule has 0 unspecified atom stereocenters. The minimum absolute atomic E-state index is 0.176. The number of carbonyl (C=O) groups excluding carboxylic acids is 1. The monoisotopic (exact) mass is 254 g/mol. The van der Waals surface area contributed by atoms with Crippen LogP contribution in [-0.2, 0) is 6.42 Å². The lowest BCUT2D eigenvalue weighted by atomic mass is 10.00. The van der Waals surface area contributed by atoms with Crippen LogP contribution < -0.4 is 0 Å². The van der Waals surface area contributed by atoms with E-state index < -0.39 is 0 Å². The number of Topliss-reactive ketones (excluding diaryl/α,β-unsaturated/α-hetero) is 1. The largest absolute Gasteiger partial charge is 0.294 e. The van der Waals surface area contributed by atoms with Gasteiger partial charge in [0.25, 0.3) is 0 Å². The highest BCUT2D eigenvalue weighted by atomic mass is 32.1. The maximum atomic E-state index is 12.0.